The van der Waals surface area contributed by atoms with Crippen LogP contribution in [0, 0.1) is 18.3 Å². The number of carbonyl (C=O) groups excluding carboxylic acids is 1. The van der Waals surface area contributed by atoms with Gasteiger partial charge in [-0.05, 0) is 63.1 Å². The van der Waals surface area contributed by atoms with Crippen LogP contribution >= 0.6 is 0 Å². The highest BCUT2D eigenvalue weighted by Crippen LogP contribution is 2.36. The van der Waals surface area contributed by atoms with E-state index in [2.05, 4.69) is 31.7 Å². The SMILES string of the molecule is COc1cc2nnnc(N[C@H](C)c3cccc(C#N)c3C)c2cc1N1CCN(C(=O)OC(C)(C)C)CC1. The molecule has 2 heterocycles. The van der Waals surface area contributed by atoms with Crippen LogP contribution in [0.3, 0.4) is 0 Å². The summed E-state index contributed by atoms with van der Waals surface area (Å²) in [6.45, 7) is 11.9. The number of piperazine rings is 1. The monoisotopic (exact) mass is 503 g/mol. The molecule has 0 spiro atoms. The lowest BCUT2D eigenvalue weighted by atomic mass is 9.98. The van der Waals surface area contributed by atoms with Gasteiger partial charge in [0.15, 0.2) is 5.82 Å². The van der Waals surface area contributed by atoms with Gasteiger partial charge in [-0.3, -0.25) is 0 Å². The molecule has 0 unspecified atom stereocenters. The number of ether oxygens (including phenoxy) is 2. The van der Waals surface area contributed by atoms with Crippen LogP contribution in [-0.2, 0) is 4.74 Å². The zero-order valence-corrected chi connectivity index (χ0v) is 22.2. The summed E-state index contributed by atoms with van der Waals surface area (Å²) in [7, 11) is 1.63. The van der Waals surface area contributed by atoms with Crippen LogP contribution in [0.5, 0.6) is 5.75 Å². The predicted molar refractivity (Wildman–Crippen MR) is 142 cm³/mol. The van der Waals surface area contributed by atoms with Crippen molar-refractivity contribution < 1.29 is 14.3 Å². The Balaban J connectivity index is 1.60. The maximum absolute atomic E-state index is 12.5. The van der Waals surface area contributed by atoms with Crippen molar-refractivity contribution in [2.45, 2.75) is 46.3 Å². The van der Waals surface area contributed by atoms with Crippen molar-refractivity contribution in [2.24, 2.45) is 0 Å². The second-order valence-electron chi connectivity index (χ2n) is 10.1. The van der Waals surface area contributed by atoms with E-state index in [1.165, 1.54) is 0 Å². The van der Waals surface area contributed by atoms with Crippen molar-refractivity contribution >= 4 is 28.5 Å². The molecule has 194 valence electrons. The zero-order chi connectivity index (χ0) is 26.7. The van der Waals surface area contributed by atoms with Gasteiger partial charge in [-0.25, -0.2) is 4.79 Å². The van der Waals surface area contributed by atoms with Gasteiger partial charge in [0.1, 0.15) is 16.9 Å². The number of hydrogen-bond donors (Lipinski definition) is 1. The molecule has 37 heavy (non-hydrogen) atoms. The minimum atomic E-state index is -0.529. The van der Waals surface area contributed by atoms with Crippen LogP contribution < -0.4 is 15.0 Å². The number of anilines is 2. The molecule has 1 atom stereocenters. The second-order valence-corrected chi connectivity index (χ2v) is 10.1. The van der Waals surface area contributed by atoms with Crippen molar-refractivity contribution in [3.05, 3.63) is 47.0 Å². The third kappa shape index (κ3) is 5.66. The number of carbonyl (C=O) groups is 1. The molecule has 0 saturated carbocycles. The second kappa shape index (κ2) is 10.5. The van der Waals surface area contributed by atoms with E-state index in [0.717, 1.165) is 22.2 Å². The first kappa shape index (κ1) is 25.9. The topological polar surface area (TPSA) is 116 Å². The fourth-order valence-electron chi connectivity index (χ4n) is 4.50. The molecular formula is C27H33N7O3. The summed E-state index contributed by atoms with van der Waals surface area (Å²) < 4.78 is 11.2. The smallest absolute Gasteiger partial charge is 0.410 e. The molecular weight excluding hydrogens is 470 g/mol. The Morgan fingerprint density at radius 3 is 2.54 bits per heavy atom. The number of nitrogens with one attached hydrogen (secondary N) is 1. The fraction of sp³-hybridized carbons (Fsp3) is 0.444. The number of fused-ring (bicyclic) bond motifs is 1. The standard InChI is InChI=1S/C27H33N7O3/c1-17-19(16-28)8-7-9-20(17)18(2)29-25-21-14-23(24(36-6)15-22(21)30-32-31-25)33-10-12-34(13-11-33)26(35)37-27(3,4)5/h7-9,14-15,18H,10-13H2,1-6H3,(H,29,30,31)/t18-/m1/s1. The number of methoxy groups -OCH3 is 1. The quantitative estimate of drug-likeness (QED) is 0.539. The first-order valence-corrected chi connectivity index (χ1v) is 12.3. The minimum Gasteiger partial charge on any atom is -0.495 e. The molecule has 0 radical (unpaired) electrons. The van der Waals surface area contributed by atoms with Gasteiger partial charge < -0.3 is 24.6 Å². The highest BCUT2D eigenvalue weighted by Gasteiger charge is 2.27. The van der Waals surface area contributed by atoms with Gasteiger partial charge >= 0.3 is 6.09 Å². The Labute approximate surface area is 217 Å². The van der Waals surface area contributed by atoms with Crippen molar-refractivity contribution in [2.75, 3.05) is 43.5 Å². The highest BCUT2D eigenvalue weighted by atomic mass is 16.6. The van der Waals surface area contributed by atoms with Crippen molar-refractivity contribution in [1.29, 1.82) is 5.26 Å². The number of amides is 1. The molecule has 2 aromatic carbocycles. The Morgan fingerprint density at radius 2 is 1.89 bits per heavy atom. The summed E-state index contributed by atoms with van der Waals surface area (Å²) in [6, 6.07) is 11.7. The third-order valence-corrected chi connectivity index (χ3v) is 6.44. The van der Waals surface area contributed by atoms with E-state index in [4.69, 9.17) is 9.47 Å². The zero-order valence-electron chi connectivity index (χ0n) is 22.2. The van der Waals surface area contributed by atoms with Gasteiger partial charge in [0.05, 0.1) is 30.5 Å². The van der Waals surface area contributed by atoms with E-state index in [0.29, 0.717) is 48.8 Å². The lowest BCUT2D eigenvalue weighted by molar-refractivity contribution is 0.0240. The summed E-state index contributed by atoms with van der Waals surface area (Å²) >= 11 is 0. The average Bonchev–Trinajstić information content (AvgIpc) is 2.87. The number of aromatic nitrogens is 3. The molecule has 1 amide bonds. The number of nitrogens with zero attached hydrogens (tertiary/aromatic N) is 6. The predicted octanol–water partition coefficient (Wildman–Crippen LogP) is 4.44. The van der Waals surface area contributed by atoms with E-state index in [1.807, 2.05) is 65.0 Å². The van der Waals surface area contributed by atoms with Crippen LogP contribution in [-0.4, -0.2) is 65.3 Å². The molecule has 1 fully saturated rings. The molecule has 1 aliphatic rings. The first-order valence-electron chi connectivity index (χ1n) is 12.3. The number of nitriles is 1. The number of rotatable bonds is 5. The summed E-state index contributed by atoms with van der Waals surface area (Å²) in [5.41, 5.74) is 3.61. The Hall–Kier alpha value is -4.13. The summed E-state index contributed by atoms with van der Waals surface area (Å²) in [6.07, 6.45) is -0.298. The Kier molecular flexibility index (Phi) is 7.34. The summed E-state index contributed by atoms with van der Waals surface area (Å²) in [4.78, 5) is 16.4. The van der Waals surface area contributed by atoms with Crippen LogP contribution in [0.15, 0.2) is 30.3 Å². The molecule has 3 aromatic rings. The largest absolute Gasteiger partial charge is 0.495 e. The Morgan fingerprint density at radius 1 is 1.16 bits per heavy atom. The van der Waals surface area contributed by atoms with Gasteiger partial charge in [0.25, 0.3) is 0 Å². The molecule has 10 heteroatoms. The molecule has 1 saturated heterocycles. The number of benzene rings is 2. The summed E-state index contributed by atoms with van der Waals surface area (Å²) in [5, 5.41) is 26.1. The van der Waals surface area contributed by atoms with Crippen molar-refractivity contribution in [3.63, 3.8) is 0 Å². The first-order chi connectivity index (χ1) is 17.6. The molecule has 4 rings (SSSR count). The van der Waals surface area contributed by atoms with E-state index in [1.54, 1.807) is 12.0 Å². The molecule has 1 aromatic heterocycles. The van der Waals surface area contributed by atoms with E-state index >= 15 is 0 Å². The normalized spacial score (nSPS) is 14.7. The van der Waals surface area contributed by atoms with Crippen LogP contribution in [0.2, 0.25) is 0 Å². The van der Waals surface area contributed by atoms with Gasteiger partial charge in [-0.15, -0.1) is 10.2 Å². The maximum Gasteiger partial charge on any atom is 0.410 e. The highest BCUT2D eigenvalue weighted by molar-refractivity contribution is 5.93. The van der Waals surface area contributed by atoms with Gasteiger partial charge in [-0.1, -0.05) is 12.1 Å². The van der Waals surface area contributed by atoms with Crippen LogP contribution in [0.4, 0.5) is 16.3 Å². The van der Waals surface area contributed by atoms with Crippen molar-refractivity contribution in [3.8, 4) is 11.8 Å². The molecule has 1 aliphatic heterocycles. The summed E-state index contributed by atoms with van der Waals surface area (Å²) in [5.74, 6) is 1.27. The third-order valence-electron chi connectivity index (χ3n) is 6.44. The van der Waals surface area contributed by atoms with E-state index < -0.39 is 5.60 Å². The van der Waals surface area contributed by atoms with Gasteiger partial charge in [0, 0.05) is 37.6 Å². The van der Waals surface area contributed by atoms with Gasteiger partial charge in [0.2, 0.25) is 0 Å². The fourth-order valence-corrected chi connectivity index (χ4v) is 4.50. The molecule has 0 bridgehead atoms. The van der Waals surface area contributed by atoms with Crippen molar-refractivity contribution in [1.82, 2.24) is 20.3 Å². The average molecular weight is 504 g/mol. The van der Waals surface area contributed by atoms with Crippen LogP contribution in [0.1, 0.15) is 50.4 Å². The molecule has 10 nitrogen and oxygen atoms in total. The minimum absolute atomic E-state index is 0.115. The number of hydrogen-bond acceptors (Lipinski definition) is 9. The van der Waals surface area contributed by atoms with Crippen LogP contribution in [0.25, 0.3) is 10.9 Å². The Bertz CT molecular complexity index is 1340. The van der Waals surface area contributed by atoms with E-state index in [-0.39, 0.29) is 12.1 Å². The lowest BCUT2D eigenvalue weighted by Gasteiger charge is -2.37. The lowest BCUT2D eigenvalue weighted by Crippen LogP contribution is -2.50. The molecule has 0 aliphatic carbocycles. The maximum atomic E-state index is 12.5. The van der Waals surface area contributed by atoms with E-state index in [9.17, 15) is 10.1 Å². The van der Waals surface area contributed by atoms with Gasteiger partial charge in [-0.2, -0.15) is 5.26 Å². The molecule has 1 N–H and O–H groups in total.